The van der Waals surface area contributed by atoms with Gasteiger partial charge < -0.3 is 4.57 Å². The van der Waals surface area contributed by atoms with Crippen LogP contribution in [0, 0.1) is 6.92 Å². The number of imidazole rings is 1. The molecule has 0 saturated carbocycles. The van der Waals surface area contributed by atoms with Gasteiger partial charge in [0.25, 0.3) is 5.91 Å². The van der Waals surface area contributed by atoms with Crippen LogP contribution in [-0.4, -0.2) is 30.4 Å². The normalized spacial score (nSPS) is 10.7. The monoisotopic (exact) mass is 376 g/mol. The third kappa shape index (κ3) is 3.47. The molecule has 4 aromatic rings. The van der Waals surface area contributed by atoms with Gasteiger partial charge in [-0.1, -0.05) is 41.7 Å². The van der Waals surface area contributed by atoms with Crippen molar-refractivity contribution in [1.82, 2.24) is 24.5 Å². The Bertz CT molecular complexity index is 1090. The van der Waals surface area contributed by atoms with Crippen LogP contribution in [0.5, 0.6) is 0 Å². The number of carbonyl (C=O) groups is 1. The molecule has 0 saturated heterocycles. The summed E-state index contributed by atoms with van der Waals surface area (Å²) in [7, 11) is 1.93. The van der Waals surface area contributed by atoms with Crippen LogP contribution < -0.4 is 5.32 Å². The zero-order valence-electron chi connectivity index (χ0n) is 14.7. The number of rotatable bonds is 4. The Morgan fingerprint density at radius 2 is 1.93 bits per heavy atom. The fraction of sp³-hybridized carbons (Fsp3) is 0.105. The first-order valence-electron chi connectivity index (χ1n) is 8.26. The Hall–Kier alpha value is -3.39. The Labute approximate surface area is 159 Å². The zero-order chi connectivity index (χ0) is 18.8. The Kier molecular flexibility index (Phi) is 4.47. The molecular formula is C19H16N6OS. The lowest BCUT2D eigenvalue weighted by Gasteiger charge is -2.02. The minimum atomic E-state index is -0.345. The maximum atomic E-state index is 12.5. The van der Waals surface area contributed by atoms with E-state index < -0.39 is 0 Å². The van der Waals surface area contributed by atoms with E-state index in [0.717, 1.165) is 27.7 Å². The molecular weight excluding hydrogens is 360 g/mol. The fourth-order valence-electron chi connectivity index (χ4n) is 2.57. The number of carbonyl (C=O) groups excluding carboxylic acids is 1. The summed E-state index contributed by atoms with van der Waals surface area (Å²) in [6.07, 6.45) is 6.63. The molecule has 0 unspecified atom stereocenters. The van der Waals surface area contributed by atoms with Crippen LogP contribution in [0.3, 0.4) is 0 Å². The second-order valence-corrected chi connectivity index (χ2v) is 6.92. The van der Waals surface area contributed by atoms with Crippen LogP contribution in [0.4, 0.5) is 5.13 Å². The first kappa shape index (κ1) is 17.0. The highest BCUT2D eigenvalue weighted by molar-refractivity contribution is 7.19. The van der Waals surface area contributed by atoms with Gasteiger partial charge in [-0.25, -0.2) is 15.0 Å². The van der Waals surface area contributed by atoms with Gasteiger partial charge >= 0.3 is 0 Å². The number of hydrogen-bond acceptors (Lipinski definition) is 6. The molecule has 0 spiro atoms. The van der Waals surface area contributed by atoms with Gasteiger partial charge in [0.2, 0.25) is 0 Å². The molecule has 134 valence electrons. The molecule has 1 amide bonds. The minimum absolute atomic E-state index is 0.246. The number of anilines is 1. The van der Waals surface area contributed by atoms with Crippen molar-refractivity contribution >= 4 is 22.4 Å². The Morgan fingerprint density at radius 3 is 2.59 bits per heavy atom. The van der Waals surface area contributed by atoms with E-state index in [-0.39, 0.29) is 11.6 Å². The first-order valence-corrected chi connectivity index (χ1v) is 9.07. The molecule has 8 heteroatoms. The largest absolute Gasteiger partial charge is 0.333 e. The van der Waals surface area contributed by atoms with E-state index in [9.17, 15) is 4.79 Å². The van der Waals surface area contributed by atoms with E-state index in [4.69, 9.17) is 0 Å². The van der Waals surface area contributed by atoms with Gasteiger partial charge in [0.05, 0.1) is 22.5 Å². The lowest BCUT2D eigenvalue weighted by atomic mass is 10.1. The highest BCUT2D eigenvalue weighted by Crippen LogP contribution is 2.38. The number of aryl methyl sites for hydroxylation is 2. The molecule has 0 bridgehead atoms. The van der Waals surface area contributed by atoms with Gasteiger partial charge in [-0.05, 0) is 6.92 Å². The number of nitrogens with one attached hydrogen (secondary N) is 1. The van der Waals surface area contributed by atoms with Crippen molar-refractivity contribution in [3.8, 4) is 22.0 Å². The maximum absolute atomic E-state index is 12.5. The van der Waals surface area contributed by atoms with Crippen LogP contribution in [0.1, 0.15) is 16.2 Å². The van der Waals surface area contributed by atoms with Crippen molar-refractivity contribution in [1.29, 1.82) is 0 Å². The predicted octanol–water partition coefficient (Wildman–Crippen LogP) is 3.56. The van der Waals surface area contributed by atoms with Crippen LogP contribution in [0.2, 0.25) is 0 Å². The van der Waals surface area contributed by atoms with E-state index in [1.807, 2.05) is 55.1 Å². The third-order valence-electron chi connectivity index (χ3n) is 3.93. The summed E-state index contributed by atoms with van der Waals surface area (Å²) < 4.78 is 1.93. The molecule has 3 heterocycles. The fourth-order valence-corrected chi connectivity index (χ4v) is 3.59. The molecule has 0 aliphatic heterocycles. The average molecular weight is 376 g/mol. The molecule has 27 heavy (non-hydrogen) atoms. The van der Waals surface area contributed by atoms with E-state index in [1.54, 1.807) is 12.4 Å². The predicted molar refractivity (Wildman–Crippen MR) is 104 cm³/mol. The van der Waals surface area contributed by atoms with Crippen molar-refractivity contribution in [3.05, 3.63) is 66.5 Å². The zero-order valence-corrected chi connectivity index (χ0v) is 15.6. The van der Waals surface area contributed by atoms with Gasteiger partial charge in [-0.2, -0.15) is 0 Å². The van der Waals surface area contributed by atoms with E-state index >= 15 is 0 Å². The van der Waals surface area contributed by atoms with Crippen molar-refractivity contribution in [2.75, 3.05) is 5.32 Å². The molecule has 0 radical (unpaired) electrons. The van der Waals surface area contributed by atoms with Crippen molar-refractivity contribution in [2.45, 2.75) is 6.92 Å². The molecule has 0 aliphatic rings. The molecule has 1 aromatic carbocycles. The summed E-state index contributed by atoms with van der Waals surface area (Å²) >= 11 is 1.38. The van der Waals surface area contributed by atoms with Crippen molar-refractivity contribution in [3.63, 3.8) is 0 Å². The third-order valence-corrected chi connectivity index (χ3v) is 4.90. The second-order valence-electron chi connectivity index (χ2n) is 5.92. The van der Waals surface area contributed by atoms with Crippen LogP contribution in [0.15, 0.2) is 55.1 Å². The lowest BCUT2D eigenvalue weighted by Crippen LogP contribution is -2.13. The van der Waals surface area contributed by atoms with Gasteiger partial charge in [-0.15, -0.1) is 0 Å². The quantitative estimate of drug-likeness (QED) is 0.589. The summed E-state index contributed by atoms with van der Waals surface area (Å²) in [4.78, 5) is 30.7. The smallest absolute Gasteiger partial charge is 0.277 e. The van der Waals surface area contributed by atoms with Crippen molar-refractivity contribution < 1.29 is 4.79 Å². The Morgan fingerprint density at radius 1 is 1.11 bits per heavy atom. The van der Waals surface area contributed by atoms with Crippen LogP contribution in [0.25, 0.3) is 22.0 Å². The number of benzene rings is 1. The molecule has 0 aliphatic carbocycles. The minimum Gasteiger partial charge on any atom is -0.333 e. The van der Waals surface area contributed by atoms with Crippen LogP contribution in [-0.2, 0) is 7.05 Å². The van der Waals surface area contributed by atoms with Gasteiger partial charge in [0.15, 0.2) is 11.0 Å². The summed E-state index contributed by atoms with van der Waals surface area (Å²) in [5, 5.41) is 3.30. The SMILES string of the molecule is Cc1cnc(C(=O)Nc2nc(-c3ccccc3)c(-c3nccn3C)s2)cn1. The summed E-state index contributed by atoms with van der Waals surface area (Å²) in [5.74, 6) is 0.448. The van der Waals surface area contributed by atoms with E-state index in [1.165, 1.54) is 17.5 Å². The maximum Gasteiger partial charge on any atom is 0.277 e. The van der Waals surface area contributed by atoms with E-state index in [0.29, 0.717) is 5.13 Å². The highest BCUT2D eigenvalue weighted by Gasteiger charge is 2.19. The molecule has 0 atom stereocenters. The summed E-state index contributed by atoms with van der Waals surface area (Å²) in [6.45, 7) is 1.82. The second kappa shape index (κ2) is 7.08. The Balaban J connectivity index is 1.72. The van der Waals surface area contributed by atoms with Gasteiger partial charge in [-0.3, -0.25) is 15.1 Å². The number of nitrogens with zero attached hydrogens (tertiary/aromatic N) is 5. The van der Waals surface area contributed by atoms with Crippen LogP contribution >= 0.6 is 11.3 Å². The molecule has 3 aromatic heterocycles. The van der Waals surface area contributed by atoms with E-state index in [2.05, 4.69) is 25.3 Å². The van der Waals surface area contributed by atoms with Gasteiger partial charge in [0, 0.05) is 31.2 Å². The average Bonchev–Trinajstić information content (AvgIpc) is 3.28. The lowest BCUT2D eigenvalue weighted by molar-refractivity contribution is 0.102. The number of hydrogen-bond donors (Lipinski definition) is 1. The molecule has 4 rings (SSSR count). The first-order chi connectivity index (χ1) is 13.1. The summed E-state index contributed by atoms with van der Waals surface area (Å²) in [5.41, 5.74) is 2.74. The standard InChI is InChI=1S/C19H16N6OS/c1-12-10-22-14(11-21-12)18(26)24-19-23-15(13-6-4-3-5-7-13)16(27-19)17-20-8-9-25(17)2/h3-11H,1-2H3,(H,23,24,26). The molecule has 0 fully saturated rings. The number of aromatic nitrogens is 5. The summed E-state index contributed by atoms with van der Waals surface area (Å²) in [6, 6.07) is 9.83. The topological polar surface area (TPSA) is 85.6 Å². The number of amides is 1. The molecule has 7 nitrogen and oxygen atoms in total. The molecule has 1 N–H and O–H groups in total. The van der Waals surface area contributed by atoms with Crippen molar-refractivity contribution in [2.24, 2.45) is 7.05 Å². The highest BCUT2D eigenvalue weighted by atomic mass is 32.1. The van der Waals surface area contributed by atoms with Gasteiger partial charge in [0.1, 0.15) is 5.69 Å². The number of thiazole rings is 1.